The number of hydrogen-bond acceptors (Lipinski definition) is 3. The van der Waals surface area contributed by atoms with E-state index in [-0.39, 0.29) is 6.71 Å². The Morgan fingerprint density at radius 3 is 1.29 bits per heavy atom. The smallest absolute Gasteiger partial charge is 0.252 e. The van der Waals surface area contributed by atoms with Gasteiger partial charge in [-0.25, -0.2) is 0 Å². The van der Waals surface area contributed by atoms with Gasteiger partial charge in [-0.2, -0.15) is 0 Å². The Morgan fingerprint density at radius 1 is 0.237 bits per heavy atom. The summed E-state index contributed by atoms with van der Waals surface area (Å²) in [4.78, 5) is 7.71. The van der Waals surface area contributed by atoms with Crippen molar-refractivity contribution in [3.05, 3.63) is 346 Å². The Kier molecular flexibility index (Phi) is 11.5. The minimum absolute atomic E-state index is 0.250. The molecule has 0 atom stereocenters. The first kappa shape index (κ1) is 53.6. The summed E-state index contributed by atoms with van der Waals surface area (Å²) in [6.07, 6.45) is 0. The average Bonchev–Trinajstić information content (AvgIpc) is 1.66. The Labute approximate surface area is 560 Å². The van der Waals surface area contributed by atoms with Crippen LogP contribution in [0.4, 0.5) is 51.2 Å². The SMILES string of the molecule is c1ccc(-c2ccccc2-c2ccc(N3c4cc5c(cc4B4c6cc7c8cccc9c%10ccccc%10n(c7cc6N(c6ccccc6-n6c7ccccc7c7ccccc76)c6cc(N(c7ccccc7)c7ccccc7)cc3c64)c98)c3ccccc3n5-c3ccccc3)cc2)cc1. The van der Waals surface area contributed by atoms with E-state index in [4.69, 9.17) is 0 Å². The Bertz CT molecular complexity index is 6300. The number of anilines is 9. The lowest BCUT2D eigenvalue weighted by molar-refractivity contribution is 1.15. The normalized spacial score (nSPS) is 12.7. The first-order chi connectivity index (χ1) is 48.2. The molecule has 0 bridgehead atoms. The monoisotopic (exact) mass is 1230 g/mol. The summed E-state index contributed by atoms with van der Waals surface area (Å²) in [5, 5.41) is 9.86. The second-order valence-electron chi connectivity index (χ2n) is 25.9. The third-order valence-electron chi connectivity index (χ3n) is 20.9. The highest BCUT2D eigenvalue weighted by Crippen LogP contribution is 2.53. The number of fused-ring (bicyclic) bond motifs is 16. The molecule has 4 aromatic heterocycles. The molecule has 6 nitrogen and oxygen atoms in total. The maximum absolute atomic E-state index is 2.65. The van der Waals surface area contributed by atoms with Gasteiger partial charge in [-0.15, -0.1) is 0 Å². The molecule has 0 aliphatic carbocycles. The summed E-state index contributed by atoms with van der Waals surface area (Å²) in [7, 11) is 0. The van der Waals surface area contributed by atoms with Crippen molar-refractivity contribution in [2.24, 2.45) is 0 Å². The molecule has 0 fully saturated rings. The van der Waals surface area contributed by atoms with Gasteiger partial charge in [-0.1, -0.05) is 237 Å². The van der Waals surface area contributed by atoms with Gasteiger partial charge in [0, 0.05) is 88.6 Å². The maximum atomic E-state index is 2.65. The van der Waals surface area contributed by atoms with Crippen LogP contribution in [0, 0.1) is 0 Å². The van der Waals surface area contributed by atoms with Crippen LogP contribution in [-0.2, 0) is 0 Å². The zero-order valence-corrected chi connectivity index (χ0v) is 52.7. The van der Waals surface area contributed by atoms with Gasteiger partial charge in [-0.3, -0.25) is 0 Å². The zero-order valence-electron chi connectivity index (χ0n) is 52.7. The quantitative estimate of drug-likeness (QED) is 0.135. The Balaban J connectivity index is 0.930. The first-order valence-electron chi connectivity index (χ1n) is 33.5. The largest absolute Gasteiger partial charge is 0.311 e. The fraction of sp³-hybridized carbons (Fsp3) is 0. The van der Waals surface area contributed by atoms with Crippen LogP contribution >= 0.6 is 0 Å². The molecule has 0 N–H and O–H groups in total. The van der Waals surface area contributed by atoms with Crippen LogP contribution in [0.1, 0.15) is 0 Å². The molecule has 0 saturated heterocycles. The minimum atomic E-state index is -0.250. The topological polar surface area (TPSA) is 24.0 Å². The van der Waals surface area contributed by atoms with E-state index in [2.05, 4.69) is 374 Å². The molecule has 6 heterocycles. The maximum Gasteiger partial charge on any atom is 0.252 e. The molecule has 0 radical (unpaired) electrons. The van der Waals surface area contributed by atoms with Crippen molar-refractivity contribution in [2.45, 2.75) is 0 Å². The molecular weight excluding hydrogens is 1180 g/mol. The van der Waals surface area contributed by atoms with Crippen LogP contribution in [-0.4, -0.2) is 20.2 Å². The summed E-state index contributed by atoms with van der Waals surface area (Å²) in [6.45, 7) is -0.250. The van der Waals surface area contributed by atoms with E-state index >= 15 is 0 Å². The van der Waals surface area contributed by atoms with Gasteiger partial charge in [0.15, 0.2) is 0 Å². The molecular formula is C90H57BN6. The van der Waals surface area contributed by atoms with Gasteiger partial charge in [0.05, 0.1) is 55.7 Å². The Hall–Kier alpha value is -12.8. The van der Waals surface area contributed by atoms with Gasteiger partial charge in [0.25, 0.3) is 6.71 Å². The Morgan fingerprint density at radius 2 is 0.670 bits per heavy atom. The van der Waals surface area contributed by atoms with Crippen LogP contribution < -0.4 is 31.1 Å². The van der Waals surface area contributed by atoms with E-state index in [1.807, 2.05) is 0 Å². The van der Waals surface area contributed by atoms with Crippen LogP contribution in [0.25, 0.3) is 115 Å². The van der Waals surface area contributed by atoms with Crippen molar-refractivity contribution in [3.8, 4) is 33.6 Å². The van der Waals surface area contributed by atoms with E-state index in [0.717, 1.165) is 90.2 Å². The van der Waals surface area contributed by atoms with Gasteiger partial charge in [0.1, 0.15) is 0 Å². The molecule has 0 amide bonds. The van der Waals surface area contributed by atoms with E-state index in [9.17, 15) is 0 Å². The van der Waals surface area contributed by atoms with Crippen molar-refractivity contribution >= 4 is 156 Å². The summed E-state index contributed by atoms with van der Waals surface area (Å²) < 4.78 is 7.54. The van der Waals surface area contributed by atoms with E-state index in [1.165, 1.54) is 92.7 Å². The predicted octanol–water partition coefficient (Wildman–Crippen LogP) is 21.9. The highest BCUT2D eigenvalue weighted by molar-refractivity contribution is 7.00. The van der Waals surface area contributed by atoms with Crippen molar-refractivity contribution in [1.29, 1.82) is 0 Å². The highest BCUT2D eigenvalue weighted by Gasteiger charge is 2.46. The number of aromatic nitrogens is 3. The summed E-state index contributed by atoms with van der Waals surface area (Å²) in [6, 6.07) is 129. The third kappa shape index (κ3) is 7.79. The lowest BCUT2D eigenvalue weighted by atomic mass is 9.33. The molecule has 97 heavy (non-hydrogen) atoms. The molecule has 0 spiro atoms. The van der Waals surface area contributed by atoms with E-state index < -0.39 is 0 Å². The van der Waals surface area contributed by atoms with Gasteiger partial charge in [-0.05, 0) is 148 Å². The van der Waals surface area contributed by atoms with Crippen molar-refractivity contribution in [3.63, 3.8) is 0 Å². The summed E-state index contributed by atoms with van der Waals surface area (Å²) in [5.41, 5.74) is 28.6. The van der Waals surface area contributed by atoms with Crippen LogP contribution in [0.5, 0.6) is 0 Å². The number of para-hydroxylation sites is 10. The minimum Gasteiger partial charge on any atom is -0.311 e. The van der Waals surface area contributed by atoms with Crippen LogP contribution in [0.2, 0.25) is 0 Å². The standard InChI is InChI=1S/C90H57BN6/c1-5-26-58(27-6-1)65-34-13-14-35-66(65)59-48-50-63(51-49-59)94-85-56-83-73(70-39-18-19-42-77(70)93(83)62-32-11-4-12-33-62)54-75(85)91-76-55-74-72-41-25-40-71-69-38-17-22-45-80(69)97(90(71)72)84(74)57-86(76)96(82-47-24-23-46-81(82)95-78-43-20-15-36-67(78)68-37-16-21-44-79(68)95)88-53-64(52-87(94)89(88)91)92(60-28-7-2-8-29-60)61-30-9-3-10-31-61/h1-57H. The van der Waals surface area contributed by atoms with Gasteiger partial charge >= 0.3 is 0 Å². The van der Waals surface area contributed by atoms with Gasteiger partial charge in [0.2, 0.25) is 0 Å². The molecule has 7 heteroatoms. The zero-order chi connectivity index (χ0) is 63.4. The highest BCUT2D eigenvalue weighted by atomic mass is 15.2. The van der Waals surface area contributed by atoms with Crippen molar-refractivity contribution in [1.82, 2.24) is 13.5 Å². The molecule has 19 aromatic rings. The average molecular weight is 1230 g/mol. The number of benzene rings is 15. The lowest BCUT2D eigenvalue weighted by Gasteiger charge is -2.45. The molecule has 2 aliphatic rings. The number of nitrogens with zero attached hydrogens (tertiary/aromatic N) is 6. The van der Waals surface area contributed by atoms with E-state index in [0.29, 0.717) is 0 Å². The molecule has 0 unspecified atom stereocenters. The molecule has 2 aliphatic heterocycles. The fourth-order valence-corrected chi connectivity index (χ4v) is 16.9. The second-order valence-corrected chi connectivity index (χ2v) is 25.9. The molecule has 15 aromatic carbocycles. The predicted molar refractivity (Wildman–Crippen MR) is 409 cm³/mol. The first-order valence-corrected chi connectivity index (χ1v) is 33.5. The second kappa shape index (κ2) is 20.8. The third-order valence-corrected chi connectivity index (χ3v) is 20.9. The fourth-order valence-electron chi connectivity index (χ4n) is 16.9. The number of rotatable bonds is 9. The lowest BCUT2D eigenvalue weighted by Crippen LogP contribution is -2.61. The number of hydrogen-bond donors (Lipinski definition) is 0. The summed E-state index contributed by atoms with van der Waals surface area (Å²) in [5.74, 6) is 0. The van der Waals surface area contributed by atoms with Crippen LogP contribution in [0.3, 0.4) is 0 Å². The van der Waals surface area contributed by atoms with Crippen LogP contribution in [0.15, 0.2) is 346 Å². The van der Waals surface area contributed by atoms with Gasteiger partial charge < -0.3 is 28.2 Å². The molecule has 21 rings (SSSR count). The summed E-state index contributed by atoms with van der Waals surface area (Å²) >= 11 is 0. The van der Waals surface area contributed by atoms with Crippen molar-refractivity contribution in [2.75, 3.05) is 14.7 Å². The molecule has 0 saturated carbocycles. The molecule has 450 valence electrons. The van der Waals surface area contributed by atoms with E-state index in [1.54, 1.807) is 0 Å². The van der Waals surface area contributed by atoms with Crippen molar-refractivity contribution < 1.29 is 0 Å².